The molecule has 0 spiro atoms. The molecule has 2 aliphatic rings. The molecular weight excluding hydrogens is 198 g/mol. The molecule has 0 N–H and O–H groups in total. The van der Waals surface area contributed by atoms with Crippen LogP contribution in [0.15, 0.2) is 36.4 Å². The summed E-state index contributed by atoms with van der Waals surface area (Å²) in [5, 5.41) is 2.15. The van der Waals surface area contributed by atoms with Crippen LogP contribution in [0.25, 0.3) is 5.76 Å². The second-order valence-electron chi connectivity index (χ2n) is 5.23. The summed E-state index contributed by atoms with van der Waals surface area (Å²) < 4.78 is 0. The lowest BCUT2D eigenvalue weighted by atomic mass is 10.0. The molecule has 0 aliphatic carbocycles. The lowest BCUT2D eigenvalue weighted by Crippen LogP contribution is -2.38. The van der Waals surface area contributed by atoms with Gasteiger partial charge in [-0.3, -0.25) is 0 Å². The van der Waals surface area contributed by atoms with Crippen LogP contribution in [-0.2, 0) is 4.84 Å². The van der Waals surface area contributed by atoms with E-state index < -0.39 is 0 Å². The summed E-state index contributed by atoms with van der Waals surface area (Å²) in [5.74, 6) is 1.01. The number of hydrogen-bond acceptors (Lipinski definition) is 2. The van der Waals surface area contributed by atoms with Gasteiger partial charge in [-0.15, -0.1) is 5.06 Å². The van der Waals surface area contributed by atoms with Gasteiger partial charge in [0.15, 0.2) is 5.76 Å². The summed E-state index contributed by atoms with van der Waals surface area (Å²) in [4.78, 5) is 5.98. The minimum absolute atomic E-state index is 0.164. The fourth-order valence-electron chi connectivity index (χ4n) is 2.58. The lowest BCUT2D eigenvalue weighted by Gasteiger charge is -2.29. The fourth-order valence-corrected chi connectivity index (χ4v) is 2.58. The third kappa shape index (κ3) is 1.45. The summed E-state index contributed by atoms with van der Waals surface area (Å²) >= 11 is 0. The molecule has 0 aromatic heterocycles. The lowest BCUT2D eigenvalue weighted by molar-refractivity contribution is -0.133. The van der Waals surface area contributed by atoms with E-state index in [0.29, 0.717) is 6.04 Å². The smallest absolute Gasteiger partial charge is 0.152 e. The first-order valence-electron chi connectivity index (χ1n) is 5.91. The van der Waals surface area contributed by atoms with E-state index in [9.17, 15) is 0 Å². The maximum Gasteiger partial charge on any atom is 0.152 e. The number of fused-ring (bicyclic) bond motifs is 1. The maximum atomic E-state index is 5.98. The molecule has 1 aromatic carbocycles. The molecule has 1 fully saturated rings. The van der Waals surface area contributed by atoms with Crippen molar-refractivity contribution in [1.29, 1.82) is 0 Å². The fraction of sp³-hybridized carbons (Fsp3) is 0.429. The average Bonchev–Trinajstić information content (AvgIpc) is 2.82. The van der Waals surface area contributed by atoms with Crippen LogP contribution in [0.5, 0.6) is 0 Å². The molecule has 0 bridgehead atoms. The summed E-state index contributed by atoms with van der Waals surface area (Å²) in [7, 11) is 0. The Morgan fingerprint density at radius 1 is 1.25 bits per heavy atom. The van der Waals surface area contributed by atoms with E-state index in [2.05, 4.69) is 37.1 Å². The molecule has 2 heterocycles. The number of hydroxylamine groups is 2. The molecule has 1 atom stereocenters. The Bertz CT molecular complexity index is 422. The molecule has 3 rings (SSSR count). The Labute approximate surface area is 96.5 Å². The highest BCUT2D eigenvalue weighted by Gasteiger charge is 2.44. The van der Waals surface area contributed by atoms with Crippen molar-refractivity contribution in [3.63, 3.8) is 0 Å². The van der Waals surface area contributed by atoms with Gasteiger partial charge in [0.25, 0.3) is 0 Å². The van der Waals surface area contributed by atoms with Crippen molar-refractivity contribution in [3.05, 3.63) is 42.0 Å². The third-order valence-electron chi connectivity index (χ3n) is 3.55. The van der Waals surface area contributed by atoms with E-state index in [1.54, 1.807) is 0 Å². The van der Waals surface area contributed by atoms with Gasteiger partial charge in [0.1, 0.15) is 0 Å². The Morgan fingerprint density at radius 3 is 2.69 bits per heavy atom. The minimum Gasteiger partial charge on any atom is -0.405 e. The molecule has 1 aromatic rings. The normalized spacial score (nSPS) is 27.4. The Morgan fingerprint density at radius 2 is 2.00 bits per heavy atom. The molecular formula is C14H17NO. The summed E-state index contributed by atoms with van der Waals surface area (Å²) in [5.41, 5.74) is 1.34. The second-order valence-corrected chi connectivity index (χ2v) is 5.23. The zero-order chi connectivity index (χ0) is 11.2. The van der Waals surface area contributed by atoms with Crippen LogP contribution in [0, 0.1) is 0 Å². The van der Waals surface area contributed by atoms with Crippen LogP contribution < -0.4 is 0 Å². The van der Waals surface area contributed by atoms with Crippen LogP contribution in [0.1, 0.15) is 32.3 Å². The van der Waals surface area contributed by atoms with Crippen LogP contribution in [0.2, 0.25) is 0 Å². The van der Waals surface area contributed by atoms with E-state index in [0.717, 1.165) is 5.76 Å². The largest absolute Gasteiger partial charge is 0.405 e. The van der Waals surface area contributed by atoms with E-state index in [-0.39, 0.29) is 5.54 Å². The Hall–Kier alpha value is -1.28. The first-order chi connectivity index (χ1) is 7.67. The SMILES string of the molecule is CC1(C)CCC2C=C(c3ccccc3)ON21. The molecule has 0 radical (unpaired) electrons. The van der Waals surface area contributed by atoms with E-state index in [1.165, 1.54) is 18.4 Å². The van der Waals surface area contributed by atoms with Crippen LogP contribution in [0.4, 0.5) is 0 Å². The van der Waals surface area contributed by atoms with Gasteiger partial charge in [0.2, 0.25) is 0 Å². The standard InChI is InChI=1S/C14H17NO/c1-14(2)9-8-12-10-13(16-15(12)14)11-6-4-3-5-7-11/h3-7,10,12H,8-9H2,1-2H3. The van der Waals surface area contributed by atoms with Gasteiger partial charge in [-0.05, 0) is 32.8 Å². The third-order valence-corrected chi connectivity index (χ3v) is 3.55. The molecule has 2 aliphatic heterocycles. The predicted octanol–water partition coefficient (Wildman–Crippen LogP) is 3.22. The van der Waals surface area contributed by atoms with Crippen LogP contribution >= 0.6 is 0 Å². The van der Waals surface area contributed by atoms with Crippen molar-refractivity contribution in [3.8, 4) is 0 Å². The maximum absolute atomic E-state index is 5.98. The quantitative estimate of drug-likeness (QED) is 0.713. The first kappa shape index (κ1) is 9.91. The molecule has 2 nitrogen and oxygen atoms in total. The van der Waals surface area contributed by atoms with Crippen LogP contribution in [0.3, 0.4) is 0 Å². The zero-order valence-electron chi connectivity index (χ0n) is 9.81. The van der Waals surface area contributed by atoms with Gasteiger partial charge in [0, 0.05) is 5.56 Å². The van der Waals surface area contributed by atoms with Crippen molar-refractivity contribution < 1.29 is 4.84 Å². The predicted molar refractivity (Wildman–Crippen MR) is 64.4 cm³/mol. The van der Waals surface area contributed by atoms with Gasteiger partial charge in [-0.1, -0.05) is 30.3 Å². The Balaban J connectivity index is 1.88. The number of nitrogens with zero attached hydrogens (tertiary/aromatic N) is 1. The number of hydrogen-bond donors (Lipinski definition) is 0. The summed E-state index contributed by atoms with van der Waals surface area (Å²) in [6, 6.07) is 10.8. The molecule has 2 heteroatoms. The monoisotopic (exact) mass is 215 g/mol. The van der Waals surface area contributed by atoms with Crippen molar-refractivity contribution in [2.45, 2.75) is 38.3 Å². The number of rotatable bonds is 1. The van der Waals surface area contributed by atoms with Crippen LogP contribution in [-0.4, -0.2) is 16.6 Å². The van der Waals surface area contributed by atoms with Gasteiger partial charge in [-0.25, -0.2) is 0 Å². The second kappa shape index (κ2) is 3.36. The summed E-state index contributed by atoms with van der Waals surface area (Å²) in [6.45, 7) is 4.49. The van der Waals surface area contributed by atoms with E-state index in [1.807, 2.05) is 18.2 Å². The van der Waals surface area contributed by atoms with E-state index >= 15 is 0 Å². The molecule has 1 unspecified atom stereocenters. The average molecular weight is 215 g/mol. The molecule has 84 valence electrons. The molecule has 16 heavy (non-hydrogen) atoms. The topological polar surface area (TPSA) is 12.5 Å². The highest BCUT2D eigenvalue weighted by atomic mass is 16.7. The first-order valence-corrected chi connectivity index (χ1v) is 5.91. The van der Waals surface area contributed by atoms with Gasteiger partial charge in [0.05, 0.1) is 11.6 Å². The van der Waals surface area contributed by atoms with Crippen molar-refractivity contribution >= 4 is 5.76 Å². The van der Waals surface area contributed by atoms with Crippen molar-refractivity contribution in [1.82, 2.24) is 5.06 Å². The Kier molecular flexibility index (Phi) is 2.08. The molecule has 0 saturated carbocycles. The highest BCUT2D eigenvalue weighted by Crippen LogP contribution is 2.41. The highest BCUT2D eigenvalue weighted by molar-refractivity contribution is 5.61. The molecule has 0 amide bonds. The zero-order valence-corrected chi connectivity index (χ0v) is 9.81. The van der Waals surface area contributed by atoms with Crippen molar-refractivity contribution in [2.24, 2.45) is 0 Å². The van der Waals surface area contributed by atoms with Gasteiger partial charge < -0.3 is 4.84 Å². The van der Waals surface area contributed by atoms with E-state index in [4.69, 9.17) is 4.84 Å². The van der Waals surface area contributed by atoms with Gasteiger partial charge in [-0.2, -0.15) is 0 Å². The number of benzene rings is 1. The van der Waals surface area contributed by atoms with Gasteiger partial charge >= 0.3 is 0 Å². The molecule has 1 saturated heterocycles. The van der Waals surface area contributed by atoms with Crippen molar-refractivity contribution in [2.75, 3.05) is 0 Å². The minimum atomic E-state index is 0.164. The summed E-state index contributed by atoms with van der Waals surface area (Å²) in [6.07, 6.45) is 4.66.